The van der Waals surface area contributed by atoms with E-state index < -0.39 is 15.0 Å². The molecular formula is C11H10O5S. The molecule has 2 N–H and O–H groups in total. The second kappa shape index (κ2) is 3.90. The van der Waals surface area contributed by atoms with E-state index in [4.69, 9.17) is 9.29 Å². The van der Waals surface area contributed by atoms with Crippen LogP contribution in [0.3, 0.4) is 0 Å². The van der Waals surface area contributed by atoms with Gasteiger partial charge in [-0.2, -0.15) is 8.42 Å². The minimum atomic E-state index is -4.44. The summed E-state index contributed by atoms with van der Waals surface area (Å²) in [5.74, 6) is -0.213. The molecule has 0 unspecified atom stereocenters. The van der Waals surface area contributed by atoms with Crippen molar-refractivity contribution < 1.29 is 22.8 Å². The molecule has 0 amide bonds. The molecule has 0 bridgehead atoms. The van der Waals surface area contributed by atoms with Crippen molar-refractivity contribution in [3.8, 4) is 11.5 Å². The summed E-state index contributed by atoms with van der Waals surface area (Å²) in [6.07, 6.45) is 0. The summed E-state index contributed by atoms with van der Waals surface area (Å²) in [6, 6.07) is 7.58. The number of rotatable bonds is 2. The molecule has 2 aromatic rings. The van der Waals surface area contributed by atoms with Crippen LogP contribution in [0.15, 0.2) is 35.2 Å². The normalized spacial score (nSPS) is 11.6. The van der Waals surface area contributed by atoms with Crippen LogP contribution in [0.1, 0.15) is 0 Å². The molecule has 0 heterocycles. The van der Waals surface area contributed by atoms with Crippen molar-refractivity contribution in [1.82, 2.24) is 0 Å². The summed E-state index contributed by atoms with van der Waals surface area (Å²) in [6.45, 7) is 0. The van der Waals surface area contributed by atoms with Crippen molar-refractivity contribution >= 4 is 20.9 Å². The van der Waals surface area contributed by atoms with Crippen molar-refractivity contribution in [2.24, 2.45) is 0 Å². The lowest BCUT2D eigenvalue weighted by atomic mass is 10.1. The van der Waals surface area contributed by atoms with Gasteiger partial charge in [-0.05, 0) is 0 Å². The van der Waals surface area contributed by atoms with Crippen LogP contribution in [0.25, 0.3) is 10.8 Å². The standard InChI is InChI=1S/C11H10O5S/c1-16-11-8-5-3-2-4-7(8)9(12)6-10(11)17(13,14)15/h2-6,12H,1H3,(H,13,14,15). The summed E-state index contributed by atoms with van der Waals surface area (Å²) in [4.78, 5) is -0.448. The van der Waals surface area contributed by atoms with Crippen LogP contribution >= 0.6 is 0 Å². The Morgan fingerprint density at radius 2 is 1.76 bits per heavy atom. The van der Waals surface area contributed by atoms with E-state index in [1.54, 1.807) is 24.3 Å². The van der Waals surface area contributed by atoms with E-state index in [1.165, 1.54) is 7.11 Å². The van der Waals surface area contributed by atoms with Gasteiger partial charge in [0.1, 0.15) is 16.4 Å². The monoisotopic (exact) mass is 254 g/mol. The first kappa shape index (κ1) is 11.7. The second-order valence-corrected chi connectivity index (χ2v) is 4.84. The molecule has 2 aromatic carbocycles. The minimum Gasteiger partial charge on any atom is -0.507 e. The predicted molar refractivity (Wildman–Crippen MR) is 62.0 cm³/mol. The van der Waals surface area contributed by atoms with Gasteiger partial charge >= 0.3 is 0 Å². The molecular weight excluding hydrogens is 244 g/mol. The zero-order valence-electron chi connectivity index (χ0n) is 8.91. The van der Waals surface area contributed by atoms with Gasteiger partial charge in [-0.25, -0.2) is 0 Å². The summed E-state index contributed by atoms with van der Waals surface area (Å²) in [5, 5.41) is 10.6. The number of phenols is 1. The molecule has 2 rings (SSSR count). The average Bonchev–Trinajstić information content (AvgIpc) is 2.28. The van der Waals surface area contributed by atoms with Gasteiger partial charge < -0.3 is 9.84 Å². The van der Waals surface area contributed by atoms with E-state index in [0.29, 0.717) is 10.8 Å². The van der Waals surface area contributed by atoms with E-state index in [2.05, 4.69) is 0 Å². The van der Waals surface area contributed by atoms with Crippen molar-refractivity contribution in [1.29, 1.82) is 0 Å². The van der Waals surface area contributed by atoms with Crippen molar-refractivity contribution in [3.63, 3.8) is 0 Å². The third-order valence-corrected chi connectivity index (χ3v) is 3.28. The topological polar surface area (TPSA) is 83.8 Å². The third kappa shape index (κ3) is 1.92. The number of phenolic OH excluding ortho intramolecular Hbond substituents is 1. The Hall–Kier alpha value is -1.79. The number of methoxy groups -OCH3 is 1. The molecule has 5 nitrogen and oxygen atoms in total. The number of aromatic hydroxyl groups is 1. The van der Waals surface area contributed by atoms with Gasteiger partial charge in [0.15, 0.2) is 0 Å². The summed E-state index contributed by atoms with van der Waals surface area (Å²) in [7, 11) is -3.15. The fraction of sp³-hybridized carbons (Fsp3) is 0.0909. The summed E-state index contributed by atoms with van der Waals surface area (Å²) < 4.78 is 36.4. The molecule has 0 saturated carbocycles. The third-order valence-electron chi connectivity index (χ3n) is 2.42. The van der Waals surface area contributed by atoms with E-state index in [9.17, 15) is 13.5 Å². The maximum Gasteiger partial charge on any atom is 0.298 e. The van der Waals surface area contributed by atoms with Gasteiger partial charge in [0, 0.05) is 16.8 Å². The number of fused-ring (bicyclic) bond motifs is 1. The van der Waals surface area contributed by atoms with Crippen molar-refractivity contribution in [2.45, 2.75) is 4.90 Å². The van der Waals surface area contributed by atoms with Crippen molar-refractivity contribution in [2.75, 3.05) is 7.11 Å². The van der Waals surface area contributed by atoms with Gasteiger partial charge in [-0.3, -0.25) is 4.55 Å². The fourth-order valence-electron chi connectivity index (χ4n) is 1.71. The molecule has 0 spiro atoms. The van der Waals surface area contributed by atoms with Crippen LogP contribution in [0.2, 0.25) is 0 Å². The SMILES string of the molecule is COc1c(S(=O)(=O)O)cc(O)c2ccccc12. The molecule has 0 aliphatic rings. The molecule has 0 aliphatic carbocycles. The Morgan fingerprint density at radius 1 is 1.18 bits per heavy atom. The van der Waals surface area contributed by atoms with Crippen LogP contribution in [-0.2, 0) is 10.1 Å². The molecule has 0 saturated heterocycles. The first-order valence-electron chi connectivity index (χ1n) is 4.71. The highest BCUT2D eigenvalue weighted by atomic mass is 32.2. The molecule has 0 aliphatic heterocycles. The number of hydrogen-bond acceptors (Lipinski definition) is 4. The van der Waals surface area contributed by atoms with Crippen LogP contribution in [0.4, 0.5) is 0 Å². The lowest BCUT2D eigenvalue weighted by Gasteiger charge is -2.11. The fourth-order valence-corrected chi connectivity index (χ4v) is 2.39. The lowest BCUT2D eigenvalue weighted by molar-refractivity contribution is 0.400. The van der Waals surface area contributed by atoms with Gasteiger partial charge in [-0.1, -0.05) is 24.3 Å². The molecule has 17 heavy (non-hydrogen) atoms. The average molecular weight is 254 g/mol. The van der Waals surface area contributed by atoms with Crippen LogP contribution in [0, 0.1) is 0 Å². The zero-order valence-corrected chi connectivity index (χ0v) is 9.73. The van der Waals surface area contributed by atoms with E-state index in [-0.39, 0.29) is 11.5 Å². The van der Waals surface area contributed by atoms with Gasteiger partial charge in [0.25, 0.3) is 10.1 Å². The largest absolute Gasteiger partial charge is 0.507 e. The van der Waals surface area contributed by atoms with Gasteiger partial charge in [0.05, 0.1) is 7.11 Å². The Bertz CT molecular complexity index is 676. The van der Waals surface area contributed by atoms with E-state index in [0.717, 1.165) is 6.07 Å². The maximum absolute atomic E-state index is 11.2. The summed E-state index contributed by atoms with van der Waals surface area (Å²) >= 11 is 0. The quantitative estimate of drug-likeness (QED) is 0.798. The van der Waals surface area contributed by atoms with Gasteiger partial charge in [0.2, 0.25) is 0 Å². The molecule has 6 heteroatoms. The molecule has 90 valence electrons. The number of benzene rings is 2. The van der Waals surface area contributed by atoms with E-state index in [1.807, 2.05) is 0 Å². The molecule has 0 atom stereocenters. The highest BCUT2D eigenvalue weighted by Gasteiger charge is 2.21. The van der Waals surface area contributed by atoms with Crippen molar-refractivity contribution in [3.05, 3.63) is 30.3 Å². The molecule has 0 radical (unpaired) electrons. The zero-order chi connectivity index (χ0) is 12.6. The van der Waals surface area contributed by atoms with E-state index >= 15 is 0 Å². The second-order valence-electron chi connectivity index (χ2n) is 3.45. The Balaban J connectivity index is 2.98. The Labute approximate surface area is 98.0 Å². The smallest absolute Gasteiger partial charge is 0.298 e. The minimum absolute atomic E-state index is 0.0147. The molecule has 0 fully saturated rings. The highest BCUT2D eigenvalue weighted by Crippen LogP contribution is 2.38. The van der Waals surface area contributed by atoms with Crippen LogP contribution < -0.4 is 4.74 Å². The van der Waals surface area contributed by atoms with Crippen LogP contribution in [-0.4, -0.2) is 25.2 Å². The first-order valence-corrected chi connectivity index (χ1v) is 6.15. The van der Waals surface area contributed by atoms with Crippen LogP contribution in [0.5, 0.6) is 11.5 Å². The predicted octanol–water partition coefficient (Wildman–Crippen LogP) is 1.80. The number of ether oxygens (including phenoxy) is 1. The highest BCUT2D eigenvalue weighted by molar-refractivity contribution is 7.86. The Kier molecular flexibility index (Phi) is 2.68. The lowest BCUT2D eigenvalue weighted by Crippen LogP contribution is -2.02. The van der Waals surface area contributed by atoms with Gasteiger partial charge in [-0.15, -0.1) is 0 Å². The molecule has 0 aromatic heterocycles. The first-order chi connectivity index (χ1) is 7.95. The summed E-state index contributed by atoms with van der Waals surface area (Å²) in [5.41, 5.74) is 0. The maximum atomic E-state index is 11.2. The Morgan fingerprint density at radius 3 is 2.29 bits per heavy atom. The number of hydrogen-bond donors (Lipinski definition) is 2.